The molecule has 0 fully saturated rings. The number of anilines is 1. The van der Waals surface area contributed by atoms with E-state index in [-0.39, 0.29) is 16.2 Å². The minimum atomic E-state index is -3.67. The number of nitrogens with zero attached hydrogens (tertiary/aromatic N) is 1. The molecule has 1 amide bonds. The molecule has 0 aliphatic heterocycles. The number of nitrogens with one attached hydrogen (secondary N) is 1. The highest BCUT2D eigenvalue weighted by molar-refractivity contribution is 7.92. The Bertz CT molecular complexity index is 847. The van der Waals surface area contributed by atoms with E-state index in [0.717, 1.165) is 5.56 Å². The summed E-state index contributed by atoms with van der Waals surface area (Å²) in [5.41, 5.74) is 1.94. The SMILES string of the molecule is CN(C)C(=O)c1ccc(NS(=O)(=O)c2ccc(C(C)(C)C)cc2)cc1. The maximum Gasteiger partial charge on any atom is 0.261 e. The van der Waals surface area contributed by atoms with Crippen molar-refractivity contribution < 1.29 is 13.2 Å². The van der Waals surface area contributed by atoms with Crippen LogP contribution < -0.4 is 4.72 Å². The van der Waals surface area contributed by atoms with Gasteiger partial charge in [0.25, 0.3) is 15.9 Å². The van der Waals surface area contributed by atoms with E-state index in [1.54, 1.807) is 50.5 Å². The number of rotatable bonds is 4. The lowest BCUT2D eigenvalue weighted by molar-refractivity contribution is 0.0827. The molecule has 2 aromatic rings. The molecule has 134 valence electrons. The largest absolute Gasteiger partial charge is 0.345 e. The minimum Gasteiger partial charge on any atom is -0.345 e. The van der Waals surface area contributed by atoms with Crippen molar-refractivity contribution in [1.29, 1.82) is 0 Å². The highest BCUT2D eigenvalue weighted by atomic mass is 32.2. The molecule has 1 N–H and O–H groups in total. The van der Waals surface area contributed by atoms with E-state index in [2.05, 4.69) is 25.5 Å². The van der Waals surface area contributed by atoms with E-state index in [1.165, 1.54) is 4.90 Å². The van der Waals surface area contributed by atoms with Crippen LogP contribution in [-0.2, 0) is 15.4 Å². The van der Waals surface area contributed by atoms with Gasteiger partial charge in [0.1, 0.15) is 0 Å². The van der Waals surface area contributed by atoms with Gasteiger partial charge in [-0.1, -0.05) is 32.9 Å². The molecule has 0 radical (unpaired) electrons. The number of carbonyl (C=O) groups excluding carboxylic acids is 1. The molecule has 2 rings (SSSR count). The number of benzene rings is 2. The predicted molar refractivity (Wildman–Crippen MR) is 100 cm³/mol. The van der Waals surface area contributed by atoms with Crippen molar-refractivity contribution in [1.82, 2.24) is 4.90 Å². The highest BCUT2D eigenvalue weighted by Gasteiger charge is 2.18. The summed E-state index contributed by atoms with van der Waals surface area (Å²) in [5.74, 6) is -0.132. The quantitative estimate of drug-likeness (QED) is 0.908. The van der Waals surface area contributed by atoms with Gasteiger partial charge in [0.15, 0.2) is 0 Å². The summed E-state index contributed by atoms with van der Waals surface area (Å²) in [6, 6.07) is 13.2. The number of hydrogen-bond acceptors (Lipinski definition) is 3. The summed E-state index contributed by atoms with van der Waals surface area (Å²) in [7, 11) is -0.337. The van der Waals surface area contributed by atoms with Crippen LogP contribution in [0.1, 0.15) is 36.7 Å². The average Bonchev–Trinajstić information content (AvgIpc) is 2.54. The fraction of sp³-hybridized carbons (Fsp3) is 0.316. The number of sulfonamides is 1. The van der Waals surface area contributed by atoms with E-state index in [9.17, 15) is 13.2 Å². The van der Waals surface area contributed by atoms with Gasteiger partial charge >= 0.3 is 0 Å². The van der Waals surface area contributed by atoms with Gasteiger partial charge in [-0.15, -0.1) is 0 Å². The predicted octanol–water partition coefficient (Wildman–Crippen LogP) is 3.49. The molecule has 2 aromatic carbocycles. The summed E-state index contributed by atoms with van der Waals surface area (Å²) in [6.45, 7) is 6.22. The topological polar surface area (TPSA) is 66.5 Å². The lowest BCUT2D eigenvalue weighted by Crippen LogP contribution is -2.21. The van der Waals surface area contributed by atoms with E-state index in [4.69, 9.17) is 0 Å². The van der Waals surface area contributed by atoms with E-state index in [1.807, 2.05) is 12.1 Å². The van der Waals surface area contributed by atoms with Gasteiger partial charge in [0, 0.05) is 25.3 Å². The highest BCUT2D eigenvalue weighted by Crippen LogP contribution is 2.24. The Labute approximate surface area is 149 Å². The van der Waals surface area contributed by atoms with Gasteiger partial charge in [-0.2, -0.15) is 0 Å². The first-order valence-electron chi connectivity index (χ1n) is 7.96. The molecule has 25 heavy (non-hydrogen) atoms. The second-order valence-corrected chi connectivity index (χ2v) is 8.84. The van der Waals surface area contributed by atoms with Crippen LogP contribution in [0.15, 0.2) is 53.4 Å². The smallest absolute Gasteiger partial charge is 0.261 e. The molecule has 0 atom stereocenters. The Morgan fingerprint density at radius 1 is 0.920 bits per heavy atom. The molecule has 5 nitrogen and oxygen atoms in total. The standard InChI is InChI=1S/C19H24N2O3S/c1-19(2,3)15-8-12-17(13-9-15)25(23,24)20-16-10-6-14(7-11-16)18(22)21(4)5/h6-13,20H,1-5H3. The monoisotopic (exact) mass is 360 g/mol. The normalized spacial score (nSPS) is 11.9. The maximum absolute atomic E-state index is 12.5. The maximum atomic E-state index is 12.5. The number of carbonyl (C=O) groups is 1. The molecule has 6 heteroatoms. The van der Waals surface area contributed by atoms with Crippen molar-refractivity contribution in [3.05, 3.63) is 59.7 Å². The molecular formula is C19H24N2O3S. The molecule has 0 bridgehead atoms. The van der Waals surface area contributed by atoms with Gasteiger partial charge in [-0.05, 0) is 47.4 Å². The summed E-state index contributed by atoms with van der Waals surface area (Å²) in [4.78, 5) is 13.5. The number of hydrogen-bond donors (Lipinski definition) is 1. The van der Waals surface area contributed by atoms with Crippen LogP contribution >= 0.6 is 0 Å². The molecule has 0 unspecified atom stereocenters. The zero-order chi connectivity index (χ0) is 18.8. The minimum absolute atomic E-state index is 0.0372. The second-order valence-electron chi connectivity index (χ2n) is 7.16. The molecule has 0 aliphatic carbocycles. The molecule has 0 heterocycles. The first-order chi connectivity index (χ1) is 11.5. The molecule has 0 spiro atoms. The fourth-order valence-corrected chi connectivity index (χ4v) is 3.35. The molecule has 0 aliphatic rings. The summed E-state index contributed by atoms with van der Waals surface area (Å²) in [6.07, 6.45) is 0. The first-order valence-corrected chi connectivity index (χ1v) is 9.44. The Morgan fingerprint density at radius 3 is 1.88 bits per heavy atom. The molecular weight excluding hydrogens is 336 g/mol. The summed E-state index contributed by atoms with van der Waals surface area (Å²) in [5, 5.41) is 0. The Kier molecular flexibility index (Phi) is 5.23. The lowest BCUT2D eigenvalue weighted by atomic mass is 9.87. The number of amides is 1. The van der Waals surface area contributed by atoms with Crippen LogP contribution in [-0.4, -0.2) is 33.3 Å². The zero-order valence-electron chi connectivity index (χ0n) is 15.2. The van der Waals surface area contributed by atoms with E-state index < -0.39 is 10.0 Å². The third kappa shape index (κ3) is 4.60. The lowest BCUT2D eigenvalue weighted by Gasteiger charge is -2.19. The van der Waals surface area contributed by atoms with Crippen molar-refractivity contribution in [3.63, 3.8) is 0 Å². The van der Waals surface area contributed by atoms with Crippen LogP contribution in [0.3, 0.4) is 0 Å². The third-order valence-electron chi connectivity index (χ3n) is 3.82. The Balaban J connectivity index is 2.20. The van der Waals surface area contributed by atoms with Crippen molar-refractivity contribution in [2.24, 2.45) is 0 Å². The van der Waals surface area contributed by atoms with Crippen molar-refractivity contribution in [2.45, 2.75) is 31.1 Å². The van der Waals surface area contributed by atoms with Crippen molar-refractivity contribution in [2.75, 3.05) is 18.8 Å². The van der Waals surface area contributed by atoms with Gasteiger partial charge in [-0.25, -0.2) is 8.42 Å². The Morgan fingerprint density at radius 2 is 1.44 bits per heavy atom. The summed E-state index contributed by atoms with van der Waals surface area (Å²) < 4.78 is 27.5. The van der Waals surface area contributed by atoms with Crippen LogP contribution in [0, 0.1) is 0 Å². The third-order valence-corrected chi connectivity index (χ3v) is 5.22. The van der Waals surface area contributed by atoms with Crippen LogP contribution in [0.25, 0.3) is 0 Å². The van der Waals surface area contributed by atoms with E-state index in [0.29, 0.717) is 11.3 Å². The second kappa shape index (κ2) is 6.88. The van der Waals surface area contributed by atoms with Crippen LogP contribution in [0.2, 0.25) is 0 Å². The molecule has 0 aromatic heterocycles. The zero-order valence-corrected chi connectivity index (χ0v) is 16.0. The van der Waals surface area contributed by atoms with E-state index >= 15 is 0 Å². The molecule has 0 saturated carbocycles. The molecule has 0 saturated heterocycles. The van der Waals surface area contributed by atoms with Crippen molar-refractivity contribution >= 4 is 21.6 Å². The Hall–Kier alpha value is -2.34. The van der Waals surface area contributed by atoms with Crippen LogP contribution in [0.5, 0.6) is 0 Å². The van der Waals surface area contributed by atoms with Crippen LogP contribution in [0.4, 0.5) is 5.69 Å². The fourth-order valence-electron chi connectivity index (χ4n) is 2.29. The van der Waals surface area contributed by atoms with Gasteiger partial charge < -0.3 is 4.90 Å². The summed E-state index contributed by atoms with van der Waals surface area (Å²) >= 11 is 0. The average molecular weight is 360 g/mol. The van der Waals surface area contributed by atoms with Gasteiger partial charge in [-0.3, -0.25) is 9.52 Å². The van der Waals surface area contributed by atoms with Gasteiger partial charge in [0.2, 0.25) is 0 Å². The van der Waals surface area contributed by atoms with Crippen molar-refractivity contribution in [3.8, 4) is 0 Å². The van der Waals surface area contributed by atoms with Gasteiger partial charge in [0.05, 0.1) is 4.90 Å². The first kappa shape index (κ1) is 19.0.